The third-order valence-corrected chi connectivity index (χ3v) is 10.0. The van der Waals surface area contributed by atoms with E-state index in [1.165, 1.54) is 25.1 Å². The second-order valence-corrected chi connectivity index (χ2v) is 11.4. The summed E-state index contributed by atoms with van der Waals surface area (Å²) < 4.78 is 46.7. The molecule has 4 aliphatic rings. The summed E-state index contributed by atoms with van der Waals surface area (Å²) in [5.74, 6) is 2.23. The summed E-state index contributed by atoms with van der Waals surface area (Å²) in [6.07, 6.45) is 1.67. The van der Waals surface area contributed by atoms with Crippen molar-refractivity contribution < 1.29 is 22.7 Å². The Morgan fingerprint density at radius 3 is 2.33 bits per heavy atom. The van der Waals surface area contributed by atoms with Crippen LogP contribution in [-0.4, -0.2) is 23.7 Å². The van der Waals surface area contributed by atoms with Gasteiger partial charge in [0, 0.05) is 53.3 Å². The molecule has 0 bridgehead atoms. The van der Waals surface area contributed by atoms with Gasteiger partial charge in [0.25, 0.3) is 0 Å². The van der Waals surface area contributed by atoms with Crippen LogP contribution in [0.2, 0.25) is 0 Å². The second-order valence-electron chi connectivity index (χ2n) is 11.4. The van der Waals surface area contributed by atoms with Crippen LogP contribution in [0, 0.1) is 34.0 Å². The topological polar surface area (TPSA) is 101 Å². The minimum Gasteiger partial charge on any atom is -0.457 e. The average molecular weight is 533 g/mol. The summed E-state index contributed by atoms with van der Waals surface area (Å²) >= 11 is 0. The number of halogens is 3. The smallest absolute Gasteiger partial charge is 0.417 e. The van der Waals surface area contributed by atoms with E-state index in [4.69, 9.17) is 10.5 Å². The van der Waals surface area contributed by atoms with Crippen molar-refractivity contribution in [2.75, 3.05) is 12.4 Å². The zero-order chi connectivity index (χ0) is 27.3. The van der Waals surface area contributed by atoms with E-state index in [1.54, 1.807) is 12.1 Å². The number of aromatic nitrogens is 1. The number of rotatable bonds is 7. The van der Waals surface area contributed by atoms with E-state index >= 15 is 0 Å². The predicted octanol–water partition coefficient (Wildman–Crippen LogP) is 6.50. The molecule has 4 N–H and O–H groups in total. The summed E-state index contributed by atoms with van der Waals surface area (Å²) in [5, 5.41) is 12.4. The van der Waals surface area contributed by atoms with Crippen LogP contribution < -0.4 is 15.8 Å². The van der Waals surface area contributed by atoms with Crippen molar-refractivity contribution in [1.29, 1.82) is 5.41 Å². The number of primary amides is 1. The van der Waals surface area contributed by atoms with Gasteiger partial charge in [0.15, 0.2) is 0 Å². The molecule has 2 unspecified atom stereocenters. The molecule has 1 aromatic heterocycles. The van der Waals surface area contributed by atoms with Gasteiger partial charge in [0.05, 0.1) is 16.8 Å². The highest BCUT2D eigenvalue weighted by atomic mass is 19.4. The first-order chi connectivity index (χ1) is 18.6. The Labute approximate surface area is 223 Å². The van der Waals surface area contributed by atoms with Gasteiger partial charge in [-0.1, -0.05) is 6.07 Å². The maximum atomic E-state index is 13.5. The number of pyridine rings is 1. The number of hydrogen-bond acceptors (Lipinski definition) is 5. The van der Waals surface area contributed by atoms with Gasteiger partial charge >= 0.3 is 6.18 Å². The summed E-state index contributed by atoms with van der Waals surface area (Å²) in [7, 11) is 1.83. The van der Waals surface area contributed by atoms with Crippen molar-refractivity contribution in [3.8, 4) is 22.8 Å². The quantitative estimate of drug-likeness (QED) is 0.302. The number of alkyl halides is 3. The molecule has 4 saturated carbocycles. The van der Waals surface area contributed by atoms with Crippen LogP contribution in [0.3, 0.4) is 0 Å². The van der Waals surface area contributed by atoms with E-state index < -0.39 is 23.2 Å². The highest BCUT2D eigenvalue weighted by Gasteiger charge is 2.88. The van der Waals surface area contributed by atoms with Crippen LogP contribution >= 0.6 is 0 Å². The lowest BCUT2D eigenvalue weighted by Crippen LogP contribution is -2.87. The lowest BCUT2D eigenvalue weighted by atomic mass is 9.12. The van der Waals surface area contributed by atoms with E-state index in [-0.39, 0.29) is 16.7 Å². The minimum atomic E-state index is -4.74. The number of carbonyl (C=O) groups is 1. The van der Waals surface area contributed by atoms with Crippen LogP contribution in [0.4, 0.5) is 18.9 Å². The number of hydrogen-bond donors (Lipinski definition) is 3. The van der Waals surface area contributed by atoms with Gasteiger partial charge in [-0.3, -0.25) is 9.78 Å². The van der Waals surface area contributed by atoms with Crippen molar-refractivity contribution >= 4 is 17.3 Å². The SMILES string of the molecule is CNc1cc(Oc2ccnc(-c3ccc(C(N)=O)c(C(F)(F)F)c3)c2)ccc1C(=N)C12CC3CC4CC(C1)C432. The molecule has 1 spiro atoms. The van der Waals surface area contributed by atoms with Crippen LogP contribution in [0.1, 0.15) is 47.2 Å². The van der Waals surface area contributed by atoms with Crippen molar-refractivity contribution in [2.24, 2.45) is 34.3 Å². The molecule has 1 amide bonds. The third kappa shape index (κ3) is 3.07. The highest BCUT2D eigenvalue weighted by Crippen LogP contribution is 2.93. The molecule has 9 heteroatoms. The number of nitrogens with two attached hydrogens (primary N) is 1. The number of ether oxygens (including phenoxy) is 1. The summed E-state index contributed by atoms with van der Waals surface area (Å²) in [4.78, 5) is 15.7. The molecule has 4 aliphatic carbocycles. The molecule has 6 nitrogen and oxygen atoms in total. The van der Waals surface area contributed by atoms with Crippen LogP contribution in [0.25, 0.3) is 11.3 Å². The van der Waals surface area contributed by atoms with Gasteiger partial charge in [0.1, 0.15) is 11.5 Å². The van der Waals surface area contributed by atoms with E-state index in [1.807, 2.05) is 25.2 Å². The highest BCUT2D eigenvalue weighted by molar-refractivity contribution is 6.09. The number of benzene rings is 2. The number of amides is 1. The molecular formula is C30H27F3N4O2. The molecule has 4 fully saturated rings. The number of nitrogens with zero attached hydrogens (tertiary/aromatic N) is 1. The molecule has 39 heavy (non-hydrogen) atoms. The fraction of sp³-hybridized carbons (Fsp3) is 0.367. The molecule has 0 aliphatic heterocycles. The van der Waals surface area contributed by atoms with E-state index in [9.17, 15) is 23.4 Å². The van der Waals surface area contributed by atoms with Crippen LogP contribution in [0.5, 0.6) is 11.5 Å². The van der Waals surface area contributed by atoms with Crippen molar-refractivity contribution in [3.05, 3.63) is 71.4 Å². The Balaban J connectivity index is 1.14. The number of anilines is 1. The molecule has 0 radical (unpaired) electrons. The molecule has 0 saturated heterocycles. The minimum absolute atomic E-state index is 0.0385. The Morgan fingerprint density at radius 2 is 1.72 bits per heavy atom. The zero-order valence-corrected chi connectivity index (χ0v) is 21.2. The van der Waals surface area contributed by atoms with Gasteiger partial charge in [-0.05, 0) is 79.2 Å². The maximum absolute atomic E-state index is 13.5. The van der Waals surface area contributed by atoms with E-state index in [2.05, 4.69) is 10.3 Å². The van der Waals surface area contributed by atoms with Crippen molar-refractivity contribution in [2.45, 2.75) is 31.9 Å². The third-order valence-electron chi connectivity index (χ3n) is 10.0. The fourth-order valence-corrected chi connectivity index (χ4v) is 8.55. The monoisotopic (exact) mass is 532 g/mol. The first kappa shape index (κ1) is 24.2. The van der Waals surface area contributed by atoms with Gasteiger partial charge < -0.3 is 21.2 Å². The Morgan fingerprint density at radius 1 is 1.03 bits per heavy atom. The summed E-state index contributed by atoms with van der Waals surface area (Å²) in [5.41, 5.74) is 6.78. The molecule has 2 atom stereocenters. The molecule has 200 valence electrons. The standard InChI is InChI=1S/C30H27F3N4O2/c1-36-25-12-19(3-5-22(25)26(34)28-13-17-9-16-10-18(14-28)29(16,17)28)39-20-6-7-37-24(11-20)15-2-4-21(27(35)38)23(8-15)30(31,32)33/h2-8,11-12,16-18,34,36H,9-10,13-14H2,1H3,(H2,35,38). The van der Waals surface area contributed by atoms with Crippen molar-refractivity contribution in [1.82, 2.24) is 4.98 Å². The van der Waals surface area contributed by atoms with Gasteiger partial charge in [-0.2, -0.15) is 13.2 Å². The van der Waals surface area contributed by atoms with Gasteiger partial charge in [-0.25, -0.2) is 0 Å². The maximum Gasteiger partial charge on any atom is 0.417 e. The summed E-state index contributed by atoms with van der Waals surface area (Å²) in [6.45, 7) is 0. The first-order valence-corrected chi connectivity index (χ1v) is 13.1. The summed E-state index contributed by atoms with van der Waals surface area (Å²) in [6, 6.07) is 12.1. The largest absolute Gasteiger partial charge is 0.457 e. The fourth-order valence-electron chi connectivity index (χ4n) is 8.55. The van der Waals surface area contributed by atoms with Gasteiger partial charge in [0.2, 0.25) is 5.91 Å². The molecule has 1 heterocycles. The lowest BCUT2D eigenvalue weighted by Gasteiger charge is -2.91. The van der Waals surface area contributed by atoms with E-state index in [0.29, 0.717) is 16.9 Å². The normalized spacial score (nSPS) is 29.4. The zero-order valence-electron chi connectivity index (χ0n) is 21.2. The molecule has 3 aromatic rings. The molecule has 2 aromatic carbocycles. The first-order valence-electron chi connectivity index (χ1n) is 13.1. The second kappa shape index (κ2) is 7.83. The van der Waals surface area contributed by atoms with E-state index in [0.717, 1.165) is 59.7 Å². The van der Waals surface area contributed by atoms with Crippen LogP contribution in [-0.2, 0) is 6.18 Å². The Bertz CT molecular complexity index is 1540. The number of nitrogens with one attached hydrogen (secondary N) is 2. The molecule has 7 rings (SSSR count). The Kier molecular flexibility index (Phi) is 4.86. The van der Waals surface area contributed by atoms with Gasteiger partial charge in [-0.15, -0.1) is 0 Å². The van der Waals surface area contributed by atoms with Crippen LogP contribution in [0.15, 0.2) is 54.7 Å². The lowest BCUT2D eigenvalue weighted by molar-refractivity contribution is -0.404. The number of carbonyl (C=O) groups excluding carboxylic acids is 1. The van der Waals surface area contributed by atoms with Crippen molar-refractivity contribution in [3.63, 3.8) is 0 Å². The molecular weight excluding hydrogens is 505 g/mol. The Hall–Kier alpha value is -3.88. The predicted molar refractivity (Wildman–Crippen MR) is 140 cm³/mol. The average Bonchev–Trinajstić information content (AvgIpc) is 2.86.